The van der Waals surface area contributed by atoms with Gasteiger partial charge in [-0.15, -0.1) is 6.58 Å². The predicted octanol–water partition coefficient (Wildman–Crippen LogP) is 0.0156. The van der Waals surface area contributed by atoms with Gasteiger partial charge in [0, 0.05) is 6.92 Å². The van der Waals surface area contributed by atoms with Crippen molar-refractivity contribution in [1.29, 1.82) is 10.7 Å². The molecule has 0 atom stereocenters. The molecule has 6 heteroatoms. The van der Waals surface area contributed by atoms with Crippen LogP contribution in [-0.4, -0.2) is 17.0 Å². The maximum atomic E-state index is 9.00. The summed E-state index contributed by atoms with van der Waals surface area (Å²) < 4.78 is 0. The smallest absolute Gasteiger partial charge is 0.300 e. The van der Waals surface area contributed by atoms with Crippen LogP contribution in [0.5, 0.6) is 0 Å². The van der Waals surface area contributed by atoms with E-state index in [2.05, 4.69) is 18.0 Å². The summed E-state index contributed by atoms with van der Waals surface area (Å²) in [5.74, 6) is -1.17. The summed E-state index contributed by atoms with van der Waals surface area (Å²) >= 11 is 0. The van der Waals surface area contributed by atoms with Crippen molar-refractivity contribution < 1.29 is 9.90 Å². The van der Waals surface area contributed by atoms with Gasteiger partial charge in [0.2, 0.25) is 0 Å². The maximum absolute atomic E-state index is 9.00. The fourth-order valence-electron chi connectivity index (χ4n) is 0.0645. The Kier molecular flexibility index (Phi) is 21.8. The SMILES string of the molecule is C=CCC#N.CC(=O)O.N=C(N)N. The van der Waals surface area contributed by atoms with Gasteiger partial charge in [0.15, 0.2) is 5.96 Å². The third kappa shape index (κ3) is 704000. The van der Waals surface area contributed by atoms with Crippen LogP contribution in [0.2, 0.25) is 0 Å². The number of allylic oxidation sites excluding steroid dienone is 1. The van der Waals surface area contributed by atoms with E-state index in [9.17, 15) is 0 Å². The van der Waals surface area contributed by atoms with Crippen molar-refractivity contribution in [2.45, 2.75) is 13.3 Å². The molecule has 6 nitrogen and oxygen atoms in total. The second-order valence-electron chi connectivity index (χ2n) is 1.63. The zero-order valence-electron chi connectivity index (χ0n) is 7.45. The normalized spacial score (nSPS) is 5.85. The molecular weight excluding hydrogens is 172 g/mol. The number of carboxylic acids is 1. The van der Waals surface area contributed by atoms with E-state index in [1.165, 1.54) is 0 Å². The van der Waals surface area contributed by atoms with Crippen molar-refractivity contribution >= 4 is 11.9 Å². The fraction of sp³-hybridized carbons (Fsp3) is 0.286. The number of aliphatic carboxylic acids is 1. The number of nitrogens with one attached hydrogen (secondary N) is 1. The van der Waals surface area contributed by atoms with Crippen LogP contribution in [0.3, 0.4) is 0 Å². The average Bonchev–Trinajstić information content (AvgIpc) is 1.86. The molecule has 0 amide bonds. The van der Waals surface area contributed by atoms with Crippen LogP contribution < -0.4 is 11.5 Å². The highest BCUT2D eigenvalue weighted by atomic mass is 16.4. The van der Waals surface area contributed by atoms with Crippen molar-refractivity contribution in [3.8, 4) is 6.07 Å². The fourth-order valence-corrected chi connectivity index (χ4v) is 0.0645. The zero-order valence-corrected chi connectivity index (χ0v) is 7.45. The third-order valence-electron chi connectivity index (χ3n) is 0.236. The van der Waals surface area contributed by atoms with Crippen molar-refractivity contribution in [2.24, 2.45) is 11.5 Å². The molecule has 0 aliphatic rings. The third-order valence-corrected chi connectivity index (χ3v) is 0.236. The number of carbonyl (C=O) groups is 1. The average molecular weight is 186 g/mol. The number of hydrogen-bond acceptors (Lipinski definition) is 3. The molecule has 0 saturated heterocycles. The van der Waals surface area contributed by atoms with E-state index < -0.39 is 5.97 Å². The van der Waals surface area contributed by atoms with Gasteiger partial charge in [0.1, 0.15) is 0 Å². The summed E-state index contributed by atoms with van der Waals surface area (Å²) in [5.41, 5.74) is 8.94. The number of rotatable bonds is 1. The molecule has 0 aromatic carbocycles. The monoisotopic (exact) mass is 186 g/mol. The summed E-state index contributed by atoms with van der Waals surface area (Å²) in [5, 5.41) is 21.2. The lowest BCUT2D eigenvalue weighted by Gasteiger charge is -1.69. The topological polar surface area (TPSA) is 137 Å². The molecule has 13 heavy (non-hydrogen) atoms. The van der Waals surface area contributed by atoms with Crippen LogP contribution in [0.1, 0.15) is 13.3 Å². The Hall–Kier alpha value is -2.03. The number of guanidine groups is 1. The van der Waals surface area contributed by atoms with E-state index in [1.807, 2.05) is 6.07 Å². The summed E-state index contributed by atoms with van der Waals surface area (Å²) in [6, 6.07) is 1.90. The molecule has 0 heterocycles. The van der Waals surface area contributed by atoms with E-state index in [1.54, 1.807) is 6.08 Å². The van der Waals surface area contributed by atoms with E-state index in [4.69, 9.17) is 20.6 Å². The number of nitriles is 1. The van der Waals surface area contributed by atoms with Crippen LogP contribution in [0, 0.1) is 16.7 Å². The van der Waals surface area contributed by atoms with Gasteiger partial charge in [-0.05, 0) is 0 Å². The Morgan fingerprint density at radius 2 is 2.00 bits per heavy atom. The highest BCUT2D eigenvalue weighted by molar-refractivity contribution is 5.71. The summed E-state index contributed by atoms with van der Waals surface area (Å²) in [7, 11) is 0. The van der Waals surface area contributed by atoms with Crippen LogP contribution in [-0.2, 0) is 4.79 Å². The Morgan fingerprint density at radius 1 is 1.77 bits per heavy atom. The van der Waals surface area contributed by atoms with Crippen LogP contribution in [0.4, 0.5) is 0 Å². The van der Waals surface area contributed by atoms with Gasteiger partial charge in [0.25, 0.3) is 5.97 Å². The highest BCUT2D eigenvalue weighted by Gasteiger charge is 1.65. The number of nitrogens with zero attached hydrogens (tertiary/aromatic N) is 1. The molecule has 0 unspecified atom stereocenters. The quantitative estimate of drug-likeness (QED) is 0.260. The number of hydrogen-bond donors (Lipinski definition) is 4. The number of carboxylic acid groups (broad SMARTS) is 1. The molecule has 0 rings (SSSR count). The molecule has 0 aliphatic carbocycles. The molecule has 0 fully saturated rings. The number of nitrogens with two attached hydrogens (primary N) is 2. The lowest BCUT2D eigenvalue weighted by Crippen LogP contribution is -2.20. The molecule has 0 aliphatic heterocycles. The molecule has 0 spiro atoms. The molecule has 0 radical (unpaired) electrons. The van der Waals surface area contributed by atoms with Gasteiger partial charge < -0.3 is 16.6 Å². The summed E-state index contributed by atoms with van der Waals surface area (Å²) in [6.07, 6.45) is 2.03. The lowest BCUT2D eigenvalue weighted by atomic mass is 10.5. The summed E-state index contributed by atoms with van der Waals surface area (Å²) in [4.78, 5) is 9.00. The largest absolute Gasteiger partial charge is 0.481 e. The van der Waals surface area contributed by atoms with Crippen molar-refractivity contribution in [1.82, 2.24) is 0 Å². The van der Waals surface area contributed by atoms with Crippen molar-refractivity contribution in [3.63, 3.8) is 0 Å². The molecule has 74 valence electrons. The van der Waals surface area contributed by atoms with Gasteiger partial charge in [-0.3, -0.25) is 10.2 Å². The minimum atomic E-state index is -0.833. The van der Waals surface area contributed by atoms with E-state index in [0.29, 0.717) is 6.42 Å². The maximum Gasteiger partial charge on any atom is 0.300 e. The second kappa shape index (κ2) is 16.5. The standard InChI is InChI=1S/C4H5N.C2H4O2.CH5N3/c1-2-3-4-5;1-2(3)4;2-1(3)4/h2H,1,3H2;1H3,(H,3,4);(H5,2,3,4). The first-order valence-electron chi connectivity index (χ1n) is 3.15. The Labute approximate surface area is 77.0 Å². The van der Waals surface area contributed by atoms with E-state index in [0.717, 1.165) is 6.92 Å². The minimum absolute atomic E-state index is 0.333. The Bertz CT molecular complexity index is 175. The molecular formula is C7H14N4O2. The van der Waals surface area contributed by atoms with Gasteiger partial charge >= 0.3 is 0 Å². The van der Waals surface area contributed by atoms with E-state index in [-0.39, 0.29) is 5.96 Å². The first-order valence-corrected chi connectivity index (χ1v) is 3.15. The zero-order chi connectivity index (χ0) is 11.3. The van der Waals surface area contributed by atoms with Crippen LogP contribution >= 0.6 is 0 Å². The van der Waals surface area contributed by atoms with Gasteiger partial charge in [-0.2, -0.15) is 5.26 Å². The van der Waals surface area contributed by atoms with Gasteiger partial charge in [-0.25, -0.2) is 0 Å². The van der Waals surface area contributed by atoms with Crippen molar-refractivity contribution in [2.75, 3.05) is 0 Å². The molecule has 0 aromatic heterocycles. The minimum Gasteiger partial charge on any atom is -0.481 e. The van der Waals surface area contributed by atoms with Crippen LogP contribution in [0.15, 0.2) is 12.7 Å². The lowest BCUT2D eigenvalue weighted by molar-refractivity contribution is -0.134. The predicted molar refractivity (Wildman–Crippen MR) is 49.8 cm³/mol. The molecule has 0 bridgehead atoms. The molecule has 0 saturated carbocycles. The molecule has 6 N–H and O–H groups in total. The van der Waals surface area contributed by atoms with Gasteiger partial charge in [0.05, 0.1) is 12.5 Å². The molecule has 0 aromatic rings. The van der Waals surface area contributed by atoms with Gasteiger partial charge in [-0.1, -0.05) is 6.08 Å². The van der Waals surface area contributed by atoms with Crippen molar-refractivity contribution in [3.05, 3.63) is 12.7 Å². The first kappa shape index (κ1) is 17.2. The Morgan fingerprint density at radius 3 is 2.00 bits per heavy atom. The van der Waals surface area contributed by atoms with Crippen LogP contribution in [0.25, 0.3) is 0 Å². The second-order valence-corrected chi connectivity index (χ2v) is 1.63. The summed E-state index contributed by atoms with van der Waals surface area (Å²) in [6.45, 7) is 4.41. The highest BCUT2D eigenvalue weighted by Crippen LogP contribution is 1.67. The first-order chi connectivity index (χ1) is 5.88. The van der Waals surface area contributed by atoms with E-state index >= 15 is 0 Å². The Balaban J connectivity index is -0.000000117.